The quantitative estimate of drug-likeness (QED) is 0.200. The van der Waals surface area contributed by atoms with E-state index < -0.39 is 27.4 Å². The Morgan fingerprint density at radius 3 is 2.09 bits per heavy atom. The summed E-state index contributed by atoms with van der Waals surface area (Å²) in [5, 5.41) is 18.8. The minimum atomic E-state index is -4.59. The maximum absolute atomic E-state index is 12.5. The number of hydrogen-bond donors (Lipinski definition) is 3. The predicted octanol–water partition coefficient (Wildman–Crippen LogP) is 4.76. The summed E-state index contributed by atoms with van der Waals surface area (Å²) in [6.45, 7) is 5.23. The van der Waals surface area contributed by atoms with Crippen LogP contribution in [0.2, 0.25) is 0 Å². The molecule has 0 aliphatic rings. The number of aromatic nitrogens is 1. The van der Waals surface area contributed by atoms with Crippen LogP contribution in [0.15, 0.2) is 54.6 Å². The highest BCUT2D eigenvalue weighted by molar-refractivity contribution is 7.85. The molecule has 0 spiro atoms. The number of carboxylic acids is 2. The van der Waals surface area contributed by atoms with E-state index in [0.29, 0.717) is 32.9 Å². The first kappa shape index (κ1) is 24.3. The summed E-state index contributed by atoms with van der Waals surface area (Å²) in [6.07, 6.45) is 0.0271. The van der Waals surface area contributed by atoms with Gasteiger partial charge in [0.2, 0.25) is 11.0 Å². The topological polar surface area (TPSA) is 133 Å². The Hall–Kier alpha value is -3.82. The largest absolute Gasteiger partial charge is 0.478 e. The summed E-state index contributed by atoms with van der Waals surface area (Å²) in [5.41, 5.74) is 3.38. The van der Waals surface area contributed by atoms with E-state index in [1.165, 1.54) is 16.7 Å². The lowest BCUT2D eigenvalue weighted by atomic mass is 9.93. The van der Waals surface area contributed by atoms with Crippen molar-refractivity contribution in [2.45, 2.75) is 32.6 Å². The molecule has 1 heterocycles. The summed E-state index contributed by atoms with van der Waals surface area (Å²) < 4.78 is 36.7. The fraction of sp³-hybridized carbons (Fsp3) is 0.192. The van der Waals surface area contributed by atoms with Crippen LogP contribution in [-0.2, 0) is 10.1 Å². The first-order chi connectivity index (χ1) is 16.4. The SMILES string of the molecule is CCC([n+]1c2cc(C)ccc2c(C(=O)O)c2cc(C)cc(-c3ccc(C(=O)O)cc3)c21)S(=O)(=O)O. The lowest BCUT2D eigenvalue weighted by molar-refractivity contribution is -0.651. The predicted molar refractivity (Wildman–Crippen MR) is 131 cm³/mol. The number of benzene rings is 3. The molecule has 3 aromatic carbocycles. The fourth-order valence-corrected chi connectivity index (χ4v) is 5.52. The first-order valence-corrected chi connectivity index (χ1v) is 12.4. The van der Waals surface area contributed by atoms with Gasteiger partial charge in [-0.1, -0.05) is 25.1 Å². The van der Waals surface area contributed by atoms with Gasteiger partial charge in [-0.25, -0.2) is 9.59 Å². The smallest absolute Gasteiger partial charge is 0.337 e. The van der Waals surface area contributed by atoms with E-state index in [1.54, 1.807) is 56.3 Å². The molecule has 1 aromatic heterocycles. The van der Waals surface area contributed by atoms with Crippen LogP contribution in [-0.4, -0.2) is 35.1 Å². The number of hydrogen-bond acceptors (Lipinski definition) is 4. The Bertz CT molecular complexity index is 1620. The minimum absolute atomic E-state index is 0.0172. The normalized spacial score (nSPS) is 12.7. The number of carbonyl (C=O) groups is 2. The second-order valence-corrected chi connectivity index (χ2v) is 10.1. The highest BCUT2D eigenvalue weighted by atomic mass is 32.2. The van der Waals surface area contributed by atoms with Gasteiger partial charge in [0.25, 0.3) is 5.37 Å². The Kier molecular flexibility index (Phi) is 6.08. The van der Waals surface area contributed by atoms with E-state index >= 15 is 0 Å². The zero-order valence-electron chi connectivity index (χ0n) is 19.3. The molecule has 9 heteroatoms. The van der Waals surface area contributed by atoms with Crippen molar-refractivity contribution in [1.82, 2.24) is 0 Å². The molecule has 4 aromatic rings. The third kappa shape index (κ3) is 4.24. The molecule has 8 nitrogen and oxygen atoms in total. The number of pyridine rings is 1. The van der Waals surface area contributed by atoms with E-state index in [0.717, 1.165) is 11.1 Å². The molecule has 0 bridgehead atoms. The molecule has 0 aliphatic carbocycles. The van der Waals surface area contributed by atoms with Gasteiger partial charge < -0.3 is 10.2 Å². The number of fused-ring (bicyclic) bond motifs is 2. The number of aryl methyl sites for hydroxylation is 2. The third-order valence-corrected chi connectivity index (χ3v) is 7.32. The number of aromatic carboxylic acids is 2. The van der Waals surface area contributed by atoms with Gasteiger partial charge in [-0.2, -0.15) is 13.0 Å². The zero-order chi connectivity index (χ0) is 25.7. The van der Waals surface area contributed by atoms with Gasteiger partial charge in [0.05, 0.1) is 27.5 Å². The summed E-state index contributed by atoms with van der Waals surface area (Å²) in [4.78, 5) is 23.8. The fourth-order valence-electron chi connectivity index (χ4n) is 4.62. The van der Waals surface area contributed by atoms with Gasteiger partial charge in [-0.3, -0.25) is 4.55 Å². The monoisotopic (exact) mass is 494 g/mol. The van der Waals surface area contributed by atoms with Crippen molar-refractivity contribution in [3.63, 3.8) is 0 Å². The van der Waals surface area contributed by atoms with Gasteiger partial charge in [0, 0.05) is 12.5 Å². The third-order valence-electron chi connectivity index (χ3n) is 6.08. The second-order valence-electron chi connectivity index (χ2n) is 8.54. The Balaban J connectivity index is 2.31. The Morgan fingerprint density at radius 1 is 0.886 bits per heavy atom. The van der Waals surface area contributed by atoms with E-state index in [-0.39, 0.29) is 17.5 Å². The van der Waals surface area contributed by atoms with Crippen LogP contribution >= 0.6 is 0 Å². The molecule has 0 saturated carbocycles. The van der Waals surface area contributed by atoms with Crippen molar-refractivity contribution < 1.29 is 37.3 Å². The van der Waals surface area contributed by atoms with Gasteiger partial charge in [-0.05, 0) is 60.9 Å². The van der Waals surface area contributed by atoms with Crippen LogP contribution in [0.3, 0.4) is 0 Å². The van der Waals surface area contributed by atoms with Crippen LogP contribution < -0.4 is 4.57 Å². The van der Waals surface area contributed by atoms with Gasteiger partial charge in [-0.15, -0.1) is 0 Å². The van der Waals surface area contributed by atoms with Crippen LogP contribution in [0.25, 0.3) is 32.9 Å². The lowest BCUT2D eigenvalue weighted by Crippen LogP contribution is -2.45. The Morgan fingerprint density at radius 2 is 1.54 bits per heavy atom. The molecule has 0 fully saturated rings. The number of nitrogens with zero attached hydrogens (tertiary/aromatic N) is 1. The molecule has 4 rings (SSSR count). The number of carboxylic acid groups (broad SMARTS) is 2. The summed E-state index contributed by atoms with van der Waals surface area (Å²) in [5.74, 6) is -2.26. The van der Waals surface area contributed by atoms with Crippen LogP contribution in [0.4, 0.5) is 0 Å². The molecular weight excluding hydrogens is 470 g/mol. The Labute approximate surface area is 201 Å². The van der Waals surface area contributed by atoms with E-state index in [1.807, 2.05) is 6.92 Å². The highest BCUT2D eigenvalue weighted by Crippen LogP contribution is 2.35. The van der Waals surface area contributed by atoms with Gasteiger partial charge >= 0.3 is 22.1 Å². The molecule has 1 atom stereocenters. The summed E-state index contributed by atoms with van der Waals surface area (Å²) >= 11 is 0. The van der Waals surface area contributed by atoms with E-state index in [2.05, 4.69) is 0 Å². The maximum Gasteiger partial charge on any atom is 0.337 e. The average molecular weight is 495 g/mol. The van der Waals surface area contributed by atoms with E-state index in [4.69, 9.17) is 0 Å². The molecule has 0 amide bonds. The average Bonchev–Trinajstić information content (AvgIpc) is 2.77. The molecule has 180 valence electrons. The lowest BCUT2D eigenvalue weighted by Gasteiger charge is -2.17. The van der Waals surface area contributed by atoms with Crippen molar-refractivity contribution in [3.8, 4) is 11.1 Å². The molecule has 3 N–H and O–H groups in total. The molecular formula is C26H24NO7S+. The van der Waals surface area contributed by atoms with Crippen molar-refractivity contribution in [2.24, 2.45) is 0 Å². The highest BCUT2D eigenvalue weighted by Gasteiger charge is 2.37. The first-order valence-electron chi connectivity index (χ1n) is 10.9. The molecule has 0 aliphatic heterocycles. The summed E-state index contributed by atoms with van der Waals surface area (Å²) in [6, 6.07) is 14.6. The van der Waals surface area contributed by atoms with Crippen LogP contribution in [0.1, 0.15) is 50.6 Å². The molecule has 0 saturated heterocycles. The molecule has 1 unspecified atom stereocenters. The molecule has 35 heavy (non-hydrogen) atoms. The van der Waals surface area contributed by atoms with E-state index in [9.17, 15) is 32.8 Å². The standard InChI is InChI=1S/C26H23NO7S/c1-4-22(35(32,33)34)27-21-13-14(2)5-10-18(21)23(26(30)31)20-12-15(3)11-19(24(20)27)16-6-8-17(9-7-16)25(28)29/h5-13,22H,4H2,1-3H3,(H2-,28,29,30,31,32,33,34)/p+1. The van der Waals surface area contributed by atoms with Crippen LogP contribution in [0.5, 0.6) is 0 Å². The van der Waals surface area contributed by atoms with Crippen LogP contribution in [0, 0.1) is 13.8 Å². The number of rotatable bonds is 6. The second kappa shape index (κ2) is 8.75. The minimum Gasteiger partial charge on any atom is -0.478 e. The van der Waals surface area contributed by atoms with Gasteiger partial charge in [0.1, 0.15) is 0 Å². The van der Waals surface area contributed by atoms with Crippen molar-refractivity contribution in [3.05, 3.63) is 76.9 Å². The van der Waals surface area contributed by atoms with Crippen molar-refractivity contribution in [2.75, 3.05) is 0 Å². The van der Waals surface area contributed by atoms with Gasteiger partial charge in [0.15, 0.2) is 0 Å². The summed E-state index contributed by atoms with van der Waals surface area (Å²) in [7, 11) is -4.59. The maximum atomic E-state index is 12.5. The molecule has 0 radical (unpaired) electrons. The van der Waals surface area contributed by atoms with Crippen molar-refractivity contribution in [1.29, 1.82) is 0 Å². The van der Waals surface area contributed by atoms with Crippen molar-refractivity contribution >= 4 is 43.9 Å². The zero-order valence-corrected chi connectivity index (χ0v) is 20.1.